The summed E-state index contributed by atoms with van der Waals surface area (Å²) in [5.41, 5.74) is 2.11. The molecule has 0 aliphatic carbocycles. The second kappa shape index (κ2) is 11.2. The van der Waals surface area contributed by atoms with Crippen LogP contribution in [0, 0.1) is 0 Å². The van der Waals surface area contributed by atoms with Crippen LogP contribution in [-0.4, -0.2) is 32.6 Å². The van der Waals surface area contributed by atoms with E-state index in [0.717, 1.165) is 30.4 Å². The van der Waals surface area contributed by atoms with Crippen LogP contribution in [0.15, 0.2) is 58.5 Å². The molecule has 5 nitrogen and oxygen atoms in total. The number of unbranched alkanes of at least 4 members (excludes halogenated alkanes) is 2. The van der Waals surface area contributed by atoms with Crippen molar-refractivity contribution in [1.82, 2.24) is 9.88 Å². The van der Waals surface area contributed by atoms with Gasteiger partial charge in [-0.25, -0.2) is 4.98 Å². The Kier molecular flexibility index (Phi) is 8.36. The van der Waals surface area contributed by atoms with Crippen molar-refractivity contribution in [3.8, 4) is 0 Å². The van der Waals surface area contributed by atoms with Gasteiger partial charge in [0.25, 0.3) is 5.91 Å². The maximum absolute atomic E-state index is 12.7. The van der Waals surface area contributed by atoms with Crippen LogP contribution in [0.2, 0.25) is 0 Å². The van der Waals surface area contributed by atoms with Gasteiger partial charge in [0.1, 0.15) is 4.32 Å². The number of benzene rings is 1. The molecule has 30 heavy (non-hydrogen) atoms. The number of nitrogens with one attached hydrogen (secondary N) is 1. The average molecular weight is 458 g/mol. The molecule has 1 aromatic carbocycles. The van der Waals surface area contributed by atoms with Gasteiger partial charge >= 0.3 is 0 Å². The van der Waals surface area contributed by atoms with Crippen LogP contribution in [0.4, 0.5) is 5.13 Å². The van der Waals surface area contributed by atoms with Gasteiger partial charge in [-0.1, -0.05) is 66.8 Å². The molecule has 0 atom stereocenters. The summed E-state index contributed by atoms with van der Waals surface area (Å²) < 4.78 is 0.597. The number of thiazole rings is 1. The van der Waals surface area contributed by atoms with Crippen LogP contribution < -0.4 is 5.32 Å². The number of hydrogen-bond acceptors (Lipinski definition) is 6. The summed E-state index contributed by atoms with van der Waals surface area (Å²) in [5, 5.41) is 5.23. The summed E-state index contributed by atoms with van der Waals surface area (Å²) in [6.07, 6.45) is 8.48. The van der Waals surface area contributed by atoms with Crippen molar-refractivity contribution < 1.29 is 9.59 Å². The predicted octanol–water partition coefficient (Wildman–Crippen LogP) is 5.49. The number of carbonyl (C=O) groups excluding carboxylic acids is 2. The molecule has 0 radical (unpaired) electrons. The lowest BCUT2D eigenvalue weighted by Gasteiger charge is -2.14. The highest BCUT2D eigenvalue weighted by Gasteiger charge is 2.31. The quantitative estimate of drug-likeness (QED) is 0.306. The first kappa shape index (κ1) is 22.4. The fourth-order valence-electron chi connectivity index (χ4n) is 2.95. The average Bonchev–Trinajstić information content (AvgIpc) is 3.31. The third-order valence-electron chi connectivity index (χ3n) is 4.39. The van der Waals surface area contributed by atoms with Crippen LogP contribution in [0.25, 0.3) is 6.08 Å². The minimum Gasteiger partial charge on any atom is -0.302 e. The Balaban J connectivity index is 1.43. The van der Waals surface area contributed by atoms with Crippen LogP contribution in [0.1, 0.15) is 38.2 Å². The monoisotopic (exact) mass is 457 g/mol. The summed E-state index contributed by atoms with van der Waals surface area (Å²) in [5.74, 6) is -0.0634. The van der Waals surface area contributed by atoms with Gasteiger partial charge in [0.2, 0.25) is 5.91 Å². The van der Waals surface area contributed by atoms with Crippen molar-refractivity contribution in [3.63, 3.8) is 0 Å². The molecular formula is C22H23N3O2S3. The number of allylic oxidation sites excluding steroid dienone is 2. The van der Waals surface area contributed by atoms with Gasteiger partial charge in [0, 0.05) is 24.5 Å². The number of hydrogen-bond donors (Lipinski definition) is 1. The summed E-state index contributed by atoms with van der Waals surface area (Å²) >= 11 is 8.15. The lowest BCUT2D eigenvalue weighted by Crippen LogP contribution is -2.29. The number of thioether (sulfide) groups is 1. The highest BCUT2D eigenvalue weighted by molar-refractivity contribution is 8.26. The van der Waals surface area contributed by atoms with Crippen molar-refractivity contribution in [1.29, 1.82) is 0 Å². The maximum Gasteiger partial charge on any atom is 0.266 e. The molecule has 1 N–H and O–H groups in total. The van der Waals surface area contributed by atoms with Crippen molar-refractivity contribution in [2.75, 3.05) is 11.9 Å². The molecule has 8 heteroatoms. The van der Waals surface area contributed by atoms with Crippen LogP contribution in [0.3, 0.4) is 0 Å². The second-order valence-corrected chi connectivity index (χ2v) is 9.40. The molecular weight excluding hydrogens is 434 g/mol. The number of amides is 2. The molecule has 1 aliphatic rings. The van der Waals surface area contributed by atoms with E-state index < -0.39 is 0 Å². The first-order valence-corrected chi connectivity index (χ1v) is 11.8. The van der Waals surface area contributed by atoms with Crippen molar-refractivity contribution in [2.45, 2.75) is 32.6 Å². The Bertz CT molecular complexity index is 953. The molecule has 2 aromatic rings. The van der Waals surface area contributed by atoms with Crippen molar-refractivity contribution in [2.24, 2.45) is 0 Å². The number of nitrogens with zero attached hydrogens (tertiary/aromatic N) is 2. The minimum atomic E-state index is -0.0349. The van der Waals surface area contributed by atoms with E-state index in [4.69, 9.17) is 12.2 Å². The molecule has 156 valence electrons. The van der Waals surface area contributed by atoms with Gasteiger partial charge in [0.15, 0.2) is 5.13 Å². The Morgan fingerprint density at radius 1 is 1.23 bits per heavy atom. The summed E-state index contributed by atoms with van der Waals surface area (Å²) in [7, 11) is 0. The number of thiocarbonyl (C=S) groups is 1. The van der Waals surface area contributed by atoms with E-state index in [1.165, 1.54) is 23.1 Å². The summed E-state index contributed by atoms with van der Waals surface area (Å²) in [4.78, 5) is 30.9. The van der Waals surface area contributed by atoms with E-state index in [2.05, 4.69) is 10.3 Å². The Morgan fingerprint density at radius 2 is 2.03 bits per heavy atom. The first-order chi connectivity index (χ1) is 14.5. The van der Waals surface area contributed by atoms with E-state index >= 15 is 0 Å². The van der Waals surface area contributed by atoms with Gasteiger partial charge in [-0.05, 0) is 37.0 Å². The fraction of sp³-hybridized carbons (Fsp3) is 0.273. The topological polar surface area (TPSA) is 62.3 Å². The second-order valence-electron chi connectivity index (χ2n) is 6.83. The lowest BCUT2D eigenvalue weighted by atomic mass is 10.1. The third-order valence-corrected chi connectivity index (χ3v) is 6.46. The molecule has 1 fully saturated rings. The summed E-state index contributed by atoms with van der Waals surface area (Å²) in [6, 6.07) is 10.0. The molecule has 0 saturated carbocycles. The Hall–Kier alpha value is -2.29. The molecule has 2 amide bonds. The lowest BCUT2D eigenvalue weighted by molar-refractivity contribution is -0.122. The maximum atomic E-state index is 12.7. The standard InChI is InChI=1S/C22H23N3O2S3/c1-16(14-17-8-4-2-5-9-17)15-18-20(27)25(22(28)30-18)12-7-3-6-10-19(26)24-21-23-11-13-29-21/h2,4-5,8-9,11,13-15H,3,6-7,10,12H2,1H3,(H,23,24,26). The molecule has 3 rings (SSSR count). The minimum absolute atomic E-state index is 0.0285. The van der Waals surface area contributed by atoms with E-state index in [9.17, 15) is 9.59 Å². The molecule has 2 heterocycles. The zero-order chi connectivity index (χ0) is 21.3. The zero-order valence-electron chi connectivity index (χ0n) is 16.7. The molecule has 0 bridgehead atoms. The van der Waals surface area contributed by atoms with Gasteiger partial charge in [0.05, 0.1) is 4.91 Å². The van der Waals surface area contributed by atoms with E-state index in [-0.39, 0.29) is 11.8 Å². The number of aromatic nitrogens is 1. The zero-order valence-corrected chi connectivity index (χ0v) is 19.1. The molecule has 0 spiro atoms. The Labute approximate surface area is 190 Å². The molecule has 1 aromatic heterocycles. The normalized spacial score (nSPS) is 15.8. The summed E-state index contributed by atoms with van der Waals surface area (Å²) in [6.45, 7) is 2.56. The van der Waals surface area contributed by atoms with Gasteiger partial charge < -0.3 is 5.32 Å². The van der Waals surface area contributed by atoms with Crippen LogP contribution in [0.5, 0.6) is 0 Å². The molecule has 1 saturated heterocycles. The van der Waals surface area contributed by atoms with Crippen molar-refractivity contribution in [3.05, 3.63) is 64.0 Å². The highest BCUT2D eigenvalue weighted by Crippen LogP contribution is 2.32. The first-order valence-electron chi connectivity index (χ1n) is 9.71. The van der Waals surface area contributed by atoms with Gasteiger partial charge in [-0.15, -0.1) is 11.3 Å². The predicted molar refractivity (Wildman–Crippen MR) is 129 cm³/mol. The van der Waals surface area contributed by atoms with Gasteiger partial charge in [-0.3, -0.25) is 14.5 Å². The van der Waals surface area contributed by atoms with E-state index in [1.807, 2.05) is 54.8 Å². The number of carbonyl (C=O) groups is 2. The number of rotatable bonds is 9. The van der Waals surface area contributed by atoms with Gasteiger partial charge in [-0.2, -0.15) is 0 Å². The number of anilines is 1. The third kappa shape index (κ3) is 6.62. The highest BCUT2D eigenvalue weighted by atomic mass is 32.2. The molecule has 1 aliphatic heterocycles. The molecule has 0 unspecified atom stereocenters. The largest absolute Gasteiger partial charge is 0.302 e. The van der Waals surface area contributed by atoms with Crippen LogP contribution in [-0.2, 0) is 9.59 Å². The van der Waals surface area contributed by atoms with E-state index in [1.54, 1.807) is 11.1 Å². The Morgan fingerprint density at radius 3 is 2.77 bits per heavy atom. The SMILES string of the molecule is CC(=Cc1ccccc1)C=C1SC(=S)N(CCCCCC(=O)Nc2nccs2)C1=O. The fourth-order valence-corrected chi connectivity index (χ4v) is 4.86. The van der Waals surface area contributed by atoms with E-state index in [0.29, 0.717) is 27.3 Å². The van der Waals surface area contributed by atoms with Crippen molar-refractivity contribution >= 4 is 62.7 Å². The van der Waals surface area contributed by atoms with Crippen LogP contribution >= 0.6 is 35.3 Å². The smallest absolute Gasteiger partial charge is 0.266 e.